The third kappa shape index (κ3) is 9.76. The van der Waals surface area contributed by atoms with E-state index in [9.17, 15) is 18.0 Å². The van der Waals surface area contributed by atoms with Crippen LogP contribution in [-0.4, -0.2) is 88.7 Å². The Hall–Kier alpha value is -3.97. The normalized spacial score (nSPS) is 14.4. The first-order valence-electron chi connectivity index (χ1n) is 15.4. The monoisotopic (exact) mass is 653 g/mol. The predicted octanol–water partition coefficient (Wildman–Crippen LogP) is 3.80. The molecule has 0 saturated carbocycles. The van der Waals surface area contributed by atoms with Crippen molar-refractivity contribution in [2.24, 2.45) is 0 Å². The highest BCUT2D eigenvalue weighted by Gasteiger charge is 2.32. The van der Waals surface area contributed by atoms with E-state index in [1.165, 1.54) is 33.5 Å². The molecule has 1 heterocycles. The summed E-state index contributed by atoms with van der Waals surface area (Å²) >= 11 is 0. The van der Waals surface area contributed by atoms with E-state index in [4.69, 9.17) is 18.9 Å². The van der Waals surface area contributed by atoms with Crippen LogP contribution >= 0.6 is 0 Å². The number of amides is 2. The van der Waals surface area contributed by atoms with Gasteiger partial charge in [0, 0.05) is 32.8 Å². The molecule has 1 atom stereocenters. The first kappa shape index (κ1) is 34.9. The molecule has 2 amide bonds. The van der Waals surface area contributed by atoms with Gasteiger partial charge in [0.15, 0.2) is 6.61 Å². The number of carbonyl (C=O) groups is 2. The van der Waals surface area contributed by atoms with Crippen LogP contribution in [0.15, 0.2) is 83.8 Å². The van der Waals surface area contributed by atoms with Crippen molar-refractivity contribution >= 4 is 21.8 Å². The zero-order chi connectivity index (χ0) is 32.9. The molecule has 0 aromatic heterocycles. The maximum Gasteiger partial charge on any atom is 0.261 e. The van der Waals surface area contributed by atoms with Gasteiger partial charge in [-0.1, -0.05) is 42.5 Å². The predicted molar refractivity (Wildman–Crippen MR) is 173 cm³/mol. The van der Waals surface area contributed by atoms with Gasteiger partial charge < -0.3 is 29.2 Å². The zero-order valence-electron chi connectivity index (χ0n) is 26.6. The van der Waals surface area contributed by atoms with E-state index >= 15 is 0 Å². The number of hydrogen-bond acceptors (Lipinski definition) is 8. The number of ether oxygens (including phenoxy) is 4. The molecule has 3 aromatic carbocycles. The van der Waals surface area contributed by atoms with Crippen molar-refractivity contribution in [3.8, 4) is 11.5 Å². The van der Waals surface area contributed by atoms with Crippen LogP contribution in [0.1, 0.15) is 37.4 Å². The van der Waals surface area contributed by atoms with Crippen molar-refractivity contribution in [3.63, 3.8) is 0 Å². The highest BCUT2D eigenvalue weighted by Crippen LogP contribution is 2.26. The second kappa shape index (κ2) is 17.1. The lowest BCUT2D eigenvalue weighted by atomic mass is 10.0. The average molecular weight is 654 g/mol. The van der Waals surface area contributed by atoms with E-state index in [1.54, 1.807) is 19.2 Å². The second-order valence-corrected chi connectivity index (χ2v) is 13.0. The number of rotatable bonds is 16. The van der Waals surface area contributed by atoms with E-state index in [2.05, 4.69) is 5.32 Å². The molecule has 3 aromatic rings. The summed E-state index contributed by atoms with van der Waals surface area (Å²) in [4.78, 5) is 29.3. The summed E-state index contributed by atoms with van der Waals surface area (Å²) in [5.74, 6) is 0.248. The van der Waals surface area contributed by atoms with Gasteiger partial charge in [0.05, 0.1) is 31.3 Å². The molecule has 46 heavy (non-hydrogen) atoms. The van der Waals surface area contributed by atoms with Crippen molar-refractivity contribution in [1.82, 2.24) is 14.5 Å². The van der Waals surface area contributed by atoms with Gasteiger partial charge in [0.25, 0.3) is 5.91 Å². The molecular weight excluding hydrogens is 610 g/mol. The molecule has 248 valence electrons. The topological polar surface area (TPSA) is 124 Å². The molecule has 1 aliphatic heterocycles. The van der Waals surface area contributed by atoms with Gasteiger partial charge in [-0.2, -0.15) is 4.31 Å². The third-order valence-electron chi connectivity index (χ3n) is 7.37. The minimum absolute atomic E-state index is 0.0933. The standard InChI is InChI=1S/C34H43N3O8S/c1-26(2)44-21-7-18-35-34(39)33(28-8-5-4-6-9-28)37(24-27-10-12-29(42-3)13-11-27)32(38)25-45-30-14-16-31(17-15-30)46(40,41)36-19-22-43-23-20-36/h4-6,8-17,26,33H,7,18-25H2,1-3H3,(H,35,39)/t33-/m1/s1. The highest BCUT2D eigenvalue weighted by atomic mass is 32.2. The van der Waals surface area contributed by atoms with E-state index in [0.717, 1.165) is 5.56 Å². The molecule has 0 spiro atoms. The average Bonchev–Trinajstić information content (AvgIpc) is 3.08. The van der Waals surface area contributed by atoms with Gasteiger partial charge in [-0.3, -0.25) is 9.59 Å². The second-order valence-electron chi connectivity index (χ2n) is 11.0. The van der Waals surface area contributed by atoms with E-state index in [0.29, 0.717) is 62.9 Å². The molecule has 1 saturated heterocycles. The quantitative estimate of drug-likeness (QED) is 0.232. The Balaban J connectivity index is 1.53. The van der Waals surface area contributed by atoms with Crippen molar-refractivity contribution in [3.05, 3.63) is 90.0 Å². The van der Waals surface area contributed by atoms with Gasteiger partial charge >= 0.3 is 0 Å². The molecule has 1 aliphatic rings. The van der Waals surface area contributed by atoms with Gasteiger partial charge in [-0.05, 0) is 67.8 Å². The number of nitrogens with zero attached hydrogens (tertiary/aromatic N) is 2. The molecule has 0 unspecified atom stereocenters. The van der Waals surface area contributed by atoms with E-state index in [1.807, 2.05) is 56.3 Å². The van der Waals surface area contributed by atoms with Crippen LogP contribution in [0.25, 0.3) is 0 Å². The van der Waals surface area contributed by atoms with Crippen molar-refractivity contribution in [2.75, 3.05) is 53.2 Å². The van der Waals surface area contributed by atoms with Crippen LogP contribution in [0.2, 0.25) is 0 Å². The SMILES string of the molecule is COc1ccc(CN(C(=O)COc2ccc(S(=O)(=O)N3CCOCC3)cc2)[C@@H](C(=O)NCCCOC(C)C)c2ccccc2)cc1. The van der Waals surface area contributed by atoms with Crippen molar-refractivity contribution < 1.29 is 37.0 Å². The molecule has 0 aliphatic carbocycles. The Morgan fingerprint density at radius 2 is 1.59 bits per heavy atom. The Morgan fingerprint density at radius 1 is 0.935 bits per heavy atom. The van der Waals surface area contributed by atoms with Crippen LogP contribution in [0.4, 0.5) is 0 Å². The molecule has 1 fully saturated rings. The summed E-state index contributed by atoms with van der Waals surface area (Å²) in [7, 11) is -2.09. The lowest BCUT2D eigenvalue weighted by Gasteiger charge is -2.31. The fourth-order valence-electron chi connectivity index (χ4n) is 4.93. The number of nitrogens with one attached hydrogen (secondary N) is 1. The van der Waals surface area contributed by atoms with Crippen LogP contribution < -0.4 is 14.8 Å². The van der Waals surface area contributed by atoms with Gasteiger partial charge in [0.2, 0.25) is 15.9 Å². The number of sulfonamides is 1. The van der Waals surface area contributed by atoms with E-state index < -0.39 is 22.0 Å². The van der Waals surface area contributed by atoms with Crippen LogP contribution in [0.5, 0.6) is 11.5 Å². The molecule has 1 N–H and O–H groups in total. The van der Waals surface area contributed by atoms with Crippen molar-refractivity contribution in [1.29, 1.82) is 0 Å². The Kier molecular flexibility index (Phi) is 13.0. The highest BCUT2D eigenvalue weighted by molar-refractivity contribution is 7.89. The summed E-state index contributed by atoms with van der Waals surface area (Å²) in [6, 6.07) is 21.4. The lowest BCUT2D eigenvalue weighted by molar-refractivity contribution is -0.143. The largest absolute Gasteiger partial charge is 0.497 e. The number of morpholine rings is 1. The minimum atomic E-state index is -3.67. The van der Waals surface area contributed by atoms with E-state index in [-0.39, 0.29) is 30.1 Å². The van der Waals surface area contributed by atoms with Crippen LogP contribution in [-0.2, 0) is 35.6 Å². The first-order chi connectivity index (χ1) is 22.2. The fourth-order valence-corrected chi connectivity index (χ4v) is 6.34. The third-order valence-corrected chi connectivity index (χ3v) is 9.29. The minimum Gasteiger partial charge on any atom is -0.497 e. The van der Waals surface area contributed by atoms with Gasteiger partial charge in [-0.15, -0.1) is 0 Å². The molecule has 11 nitrogen and oxygen atoms in total. The van der Waals surface area contributed by atoms with Gasteiger partial charge in [-0.25, -0.2) is 8.42 Å². The summed E-state index contributed by atoms with van der Waals surface area (Å²) in [6.45, 7) is 5.85. The molecule has 0 bridgehead atoms. The number of benzene rings is 3. The maximum absolute atomic E-state index is 13.9. The summed E-state index contributed by atoms with van der Waals surface area (Å²) < 4.78 is 49.4. The Labute approximate surface area is 271 Å². The lowest BCUT2D eigenvalue weighted by Crippen LogP contribution is -2.45. The molecule has 4 rings (SSSR count). The number of hydrogen-bond donors (Lipinski definition) is 1. The molecule has 12 heteroatoms. The molecular formula is C34H43N3O8S. The Morgan fingerprint density at radius 3 is 2.22 bits per heavy atom. The molecule has 0 radical (unpaired) electrons. The number of carbonyl (C=O) groups excluding carboxylic acids is 2. The van der Waals surface area contributed by atoms with Crippen LogP contribution in [0, 0.1) is 0 Å². The fraction of sp³-hybridized carbons (Fsp3) is 0.412. The van der Waals surface area contributed by atoms with Gasteiger partial charge in [0.1, 0.15) is 17.5 Å². The van der Waals surface area contributed by atoms with Crippen LogP contribution in [0.3, 0.4) is 0 Å². The first-order valence-corrected chi connectivity index (χ1v) is 16.8. The number of methoxy groups -OCH3 is 1. The summed E-state index contributed by atoms with van der Waals surface area (Å²) in [5.41, 5.74) is 1.45. The summed E-state index contributed by atoms with van der Waals surface area (Å²) in [5, 5.41) is 2.97. The summed E-state index contributed by atoms with van der Waals surface area (Å²) in [6.07, 6.45) is 0.717. The Bertz CT molecular complexity index is 1490. The van der Waals surface area contributed by atoms with Crippen molar-refractivity contribution in [2.45, 2.75) is 43.9 Å². The smallest absolute Gasteiger partial charge is 0.261 e. The zero-order valence-corrected chi connectivity index (χ0v) is 27.4. The maximum atomic E-state index is 13.9.